The van der Waals surface area contributed by atoms with Gasteiger partial charge in [0.25, 0.3) is 5.56 Å². The molecule has 6 heteroatoms. The first-order valence-corrected chi connectivity index (χ1v) is 11.6. The van der Waals surface area contributed by atoms with E-state index in [9.17, 15) is 9.59 Å². The number of anilines is 1. The first kappa shape index (κ1) is 24.1. The standard InChI is InChI=1S/C29H30N2O4/c1-19-10-13-24(14-20(19)2)30-28(32)18-31-25-17-27(35-4)26(34-3)16-23(25)15-22(29(31)33)12-11-21-8-6-5-7-9-21/h5-10,13-17H,11-12,18H2,1-4H3,(H,30,32). The van der Waals surface area contributed by atoms with E-state index in [2.05, 4.69) is 5.32 Å². The maximum atomic E-state index is 13.6. The first-order valence-electron chi connectivity index (χ1n) is 11.6. The number of fused-ring (bicyclic) bond motifs is 1. The summed E-state index contributed by atoms with van der Waals surface area (Å²) in [6, 6.07) is 21.3. The molecule has 4 aromatic rings. The number of carbonyl (C=O) groups excluding carboxylic acids is 1. The Hall–Kier alpha value is -4.06. The van der Waals surface area contributed by atoms with Crippen molar-refractivity contribution < 1.29 is 14.3 Å². The van der Waals surface area contributed by atoms with Crippen molar-refractivity contribution in [2.75, 3.05) is 19.5 Å². The molecule has 6 nitrogen and oxygen atoms in total. The lowest BCUT2D eigenvalue weighted by Gasteiger charge is -2.16. The zero-order chi connectivity index (χ0) is 24.9. The Balaban J connectivity index is 1.73. The molecule has 1 amide bonds. The number of methoxy groups -OCH3 is 2. The summed E-state index contributed by atoms with van der Waals surface area (Å²) < 4.78 is 12.5. The molecule has 0 saturated heterocycles. The van der Waals surface area contributed by atoms with Crippen molar-refractivity contribution in [3.05, 3.63) is 99.3 Å². The molecule has 0 radical (unpaired) electrons. The lowest BCUT2D eigenvalue weighted by atomic mass is 10.0. The van der Waals surface area contributed by atoms with Crippen LogP contribution in [0, 0.1) is 13.8 Å². The van der Waals surface area contributed by atoms with Crippen molar-refractivity contribution in [3.63, 3.8) is 0 Å². The van der Waals surface area contributed by atoms with Crippen molar-refractivity contribution >= 4 is 22.5 Å². The minimum absolute atomic E-state index is 0.114. The summed E-state index contributed by atoms with van der Waals surface area (Å²) in [5, 5.41) is 3.73. The van der Waals surface area contributed by atoms with Crippen LogP contribution in [0.1, 0.15) is 22.3 Å². The van der Waals surface area contributed by atoms with E-state index in [1.165, 1.54) is 4.57 Å². The Kier molecular flexibility index (Phi) is 7.20. The highest BCUT2D eigenvalue weighted by molar-refractivity contribution is 5.92. The van der Waals surface area contributed by atoms with Crippen LogP contribution in [-0.2, 0) is 24.2 Å². The van der Waals surface area contributed by atoms with Crippen LogP contribution >= 0.6 is 0 Å². The number of nitrogens with zero attached hydrogens (tertiary/aromatic N) is 1. The molecule has 0 spiro atoms. The number of carbonyl (C=O) groups is 1. The van der Waals surface area contributed by atoms with E-state index in [1.807, 2.05) is 74.5 Å². The molecule has 1 heterocycles. The molecule has 0 aliphatic carbocycles. The molecule has 0 fully saturated rings. The molecule has 1 aromatic heterocycles. The smallest absolute Gasteiger partial charge is 0.254 e. The average molecular weight is 471 g/mol. The lowest BCUT2D eigenvalue weighted by molar-refractivity contribution is -0.116. The van der Waals surface area contributed by atoms with Crippen molar-refractivity contribution in [2.24, 2.45) is 0 Å². The van der Waals surface area contributed by atoms with Gasteiger partial charge in [0.05, 0.1) is 19.7 Å². The highest BCUT2D eigenvalue weighted by Crippen LogP contribution is 2.32. The molecule has 0 unspecified atom stereocenters. The number of nitrogens with one attached hydrogen (secondary N) is 1. The number of benzene rings is 3. The van der Waals surface area contributed by atoms with E-state index in [0.29, 0.717) is 34.7 Å². The number of hydrogen-bond acceptors (Lipinski definition) is 4. The average Bonchev–Trinajstić information content (AvgIpc) is 2.86. The number of amides is 1. The Morgan fingerprint density at radius 2 is 1.57 bits per heavy atom. The van der Waals surface area contributed by atoms with Crippen LogP contribution in [0.2, 0.25) is 0 Å². The highest BCUT2D eigenvalue weighted by Gasteiger charge is 2.16. The third-order valence-corrected chi connectivity index (χ3v) is 6.29. The van der Waals surface area contributed by atoms with Gasteiger partial charge in [0.2, 0.25) is 5.91 Å². The SMILES string of the molecule is COc1cc2cc(CCc3ccccc3)c(=O)n(CC(=O)Nc3ccc(C)c(C)c3)c2cc1OC. The quantitative estimate of drug-likeness (QED) is 0.391. The Labute approximate surface area is 205 Å². The lowest BCUT2D eigenvalue weighted by Crippen LogP contribution is -2.30. The molecule has 0 bridgehead atoms. The monoisotopic (exact) mass is 470 g/mol. The Morgan fingerprint density at radius 1 is 0.857 bits per heavy atom. The van der Waals surface area contributed by atoms with Crippen LogP contribution < -0.4 is 20.3 Å². The molecule has 1 N–H and O–H groups in total. The van der Waals surface area contributed by atoms with Gasteiger partial charge in [-0.2, -0.15) is 0 Å². The van der Waals surface area contributed by atoms with Crippen molar-refractivity contribution in [1.29, 1.82) is 0 Å². The van der Waals surface area contributed by atoms with Gasteiger partial charge in [0, 0.05) is 22.7 Å². The van der Waals surface area contributed by atoms with Crippen LogP contribution in [0.5, 0.6) is 11.5 Å². The van der Waals surface area contributed by atoms with Gasteiger partial charge in [-0.25, -0.2) is 0 Å². The predicted octanol–water partition coefficient (Wildman–Crippen LogP) is 5.06. The summed E-state index contributed by atoms with van der Waals surface area (Å²) in [7, 11) is 3.12. The van der Waals surface area contributed by atoms with E-state index in [4.69, 9.17) is 9.47 Å². The van der Waals surface area contributed by atoms with Gasteiger partial charge in [0.1, 0.15) is 6.54 Å². The first-order chi connectivity index (χ1) is 16.9. The second-order valence-corrected chi connectivity index (χ2v) is 8.66. The van der Waals surface area contributed by atoms with E-state index in [-0.39, 0.29) is 18.0 Å². The van der Waals surface area contributed by atoms with Gasteiger partial charge in [-0.15, -0.1) is 0 Å². The minimum atomic E-state index is -0.272. The van der Waals surface area contributed by atoms with Crippen molar-refractivity contribution in [3.8, 4) is 11.5 Å². The normalized spacial score (nSPS) is 10.9. The summed E-state index contributed by atoms with van der Waals surface area (Å²) in [6.07, 6.45) is 1.29. The molecule has 35 heavy (non-hydrogen) atoms. The van der Waals surface area contributed by atoms with E-state index in [1.54, 1.807) is 20.3 Å². The maximum Gasteiger partial charge on any atom is 0.254 e. The summed E-state index contributed by atoms with van der Waals surface area (Å²) in [4.78, 5) is 26.6. The summed E-state index contributed by atoms with van der Waals surface area (Å²) >= 11 is 0. The summed E-state index contributed by atoms with van der Waals surface area (Å²) in [5.41, 5.74) is 5.17. The van der Waals surface area contributed by atoms with Gasteiger partial charge in [-0.1, -0.05) is 36.4 Å². The van der Waals surface area contributed by atoms with Gasteiger partial charge in [-0.05, 0) is 67.6 Å². The number of hydrogen-bond donors (Lipinski definition) is 1. The Morgan fingerprint density at radius 3 is 2.26 bits per heavy atom. The minimum Gasteiger partial charge on any atom is -0.493 e. The highest BCUT2D eigenvalue weighted by atomic mass is 16.5. The van der Waals surface area contributed by atoms with Crippen LogP contribution in [-0.4, -0.2) is 24.7 Å². The summed E-state index contributed by atoms with van der Waals surface area (Å²) in [6.45, 7) is 3.91. The van der Waals surface area contributed by atoms with E-state index in [0.717, 1.165) is 28.5 Å². The molecule has 3 aromatic carbocycles. The fourth-order valence-electron chi connectivity index (χ4n) is 4.19. The maximum absolute atomic E-state index is 13.6. The van der Waals surface area contributed by atoms with Gasteiger partial charge < -0.3 is 14.8 Å². The fourth-order valence-corrected chi connectivity index (χ4v) is 4.19. The number of aromatic nitrogens is 1. The van der Waals surface area contributed by atoms with Gasteiger partial charge >= 0.3 is 0 Å². The predicted molar refractivity (Wildman–Crippen MR) is 140 cm³/mol. The van der Waals surface area contributed by atoms with E-state index < -0.39 is 0 Å². The van der Waals surface area contributed by atoms with E-state index >= 15 is 0 Å². The molecule has 0 saturated carbocycles. The number of rotatable bonds is 8. The molecule has 4 rings (SSSR count). The Bertz CT molecular complexity index is 1420. The third-order valence-electron chi connectivity index (χ3n) is 6.29. The molecule has 0 aliphatic heterocycles. The number of ether oxygens (including phenoxy) is 2. The largest absolute Gasteiger partial charge is 0.493 e. The number of aryl methyl sites for hydroxylation is 4. The van der Waals surface area contributed by atoms with Crippen molar-refractivity contribution in [1.82, 2.24) is 4.57 Å². The van der Waals surface area contributed by atoms with Crippen LogP contribution in [0.4, 0.5) is 5.69 Å². The molecular weight excluding hydrogens is 440 g/mol. The molecular formula is C29H30N2O4. The zero-order valence-electron chi connectivity index (χ0n) is 20.6. The van der Waals surface area contributed by atoms with Gasteiger partial charge in [0.15, 0.2) is 11.5 Å². The van der Waals surface area contributed by atoms with Crippen LogP contribution in [0.15, 0.2) is 71.5 Å². The molecule has 180 valence electrons. The second-order valence-electron chi connectivity index (χ2n) is 8.66. The van der Waals surface area contributed by atoms with Crippen molar-refractivity contribution in [2.45, 2.75) is 33.2 Å². The fraction of sp³-hybridized carbons (Fsp3) is 0.241. The molecule has 0 aliphatic rings. The van der Waals surface area contributed by atoms with Gasteiger partial charge in [-0.3, -0.25) is 14.2 Å². The second kappa shape index (κ2) is 10.5. The van der Waals surface area contributed by atoms with Crippen LogP contribution in [0.25, 0.3) is 10.9 Å². The summed E-state index contributed by atoms with van der Waals surface area (Å²) in [5.74, 6) is 0.796. The zero-order valence-corrected chi connectivity index (χ0v) is 20.6. The van der Waals surface area contributed by atoms with Crippen LogP contribution in [0.3, 0.4) is 0 Å². The number of pyridine rings is 1. The topological polar surface area (TPSA) is 69.6 Å². The third kappa shape index (κ3) is 5.38. The molecule has 0 atom stereocenters.